The molecule has 1 fully saturated rings. The van der Waals surface area contributed by atoms with Gasteiger partial charge in [0.1, 0.15) is 11.9 Å². The number of halogens is 2. The molecule has 2 aliphatic heterocycles. The van der Waals surface area contributed by atoms with Gasteiger partial charge in [0.25, 0.3) is 11.8 Å². The van der Waals surface area contributed by atoms with E-state index in [-0.39, 0.29) is 28.4 Å². The van der Waals surface area contributed by atoms with Gasteiger partial charge in [-0.3, -0.25) is 29.4 Å². The summed E-state index contributed by atoms with van der Waals surface area (Å²) in [5.74, 6) is -3.60. The fraction of sp³-hybridized carbons (Fsp3) is 0.231. The number of nitrogens with zero attached hydrogens (tertiary/aromatic N) is 1. The number of carbonyl (C=O) groups is 4. The van der Waals surface area contributed by atoms with Crippen LogP contribution in [0.1, 0.15) is 33.6 Å². The molecule has 0 radical (unpaired) electrons. The molecule has 0 bridgehead atoms. The summed E-state index contributed by atoms with van der Waals surface area (Å²) < 4.78 is 14.1. The summed E-state index contributed by atoms with van der Waals surface area (Å²) in [6, 6.07) is 1.30. The SMILES string of the molecule is O=C1CCC(N2C(=O)c3c(F)ccc(Br)c3C2=O)C(=O)N1. The van der Waals surface area contributed by atoms with Gasteiger partial charge in [-0.15, -0.1) is 0 Å². The van der Waals surface area contributed by atoms with Crippen LogP contribution < -0.4 is 5.32 Å². The predicted octanol–water partition coefficient (Wildman–Crippen LogP) is 0.989. The van der Waals surface area contributed by atoms with E-state index >= 15 is 0 Å². The third kappa shape index (κ3) is 1.98. The van der Waals surface area contributed by atoms with E-state index in [0.717, 1.165) is 11.0 Å². The zero-order valence-electron chi connectivity index (χ0n) is 10.5. The zero-order chi connectivity index (χ0) is 15.3. The number of nitrogens with one attached hydrogen (secondary N) is 1. The van der Waals surface area contributed by atoms with Gasteiger partial charge < -0.3 is 0 Å². The lowest BCUT2D eigenvalue weighted by atomic mass is 10.0. The molecular weight excluding hydrogens is 347 g/mol. The zero-order valence-corrected chi connectivity index (χ0v) is 12.1. The highest BCUT2D eigenvalue weighted by molar-refractivity contribution is 9.10. The Morgan fingerprint density at radius 1 is 1.14 bits per heavy atom. The highest BCUT2D eigenvalue weighted by Gasteiger charge is 2.46. The summed E-state index contributed by atoms with van der Waals surface area (Å²) in [7, 11) is 0. The first-order valence-corrected chi connectivity index (χ1v) is 6.90. The molecule has 6 nitrogen and oxygen atoms in total. The molecule has 108 valence electrons. The largest absolute Gasteiger partial charge is 0.295 e. The lowest BCUT2D eigenvalue weighted by Gasteiger charge is -2.27. The second kappa shape index (κ2) is 4.73. The lowest BCUT2D eigenvalue weighted by molar-refractivity contribution is -0.136. The van der Waals surface area contributed by atoms with Crippen molar-refractivity contribution in [3.8, 4) is 0 Å². The van der Waals surface area contributed by atoms with Gasteiger partial charge in [-0.2, -0.15) is 0 Å². The summed E-state index contributed by atoms with van der Waals surface area (Å²) in [4.78, 5) is 48.3. The van der Waals surface area contributed by atoms with Crippen LogP contribution >= 0.6 is 15.9 Å². The number of hydrogen-bond donors (Lipinski definition) is 1. The number of fused-ring (bicyclic) bond motifs is 1. The van der Waals surface area contributed by atoms with Crippen LogP contribution in [0.5, 0.6) is 0 Å². The van der Waals surface area contributed by atoms with E-state index < -0.39 is 35.5 Å². The minimum absolute atomic E-state index is 0.0213. The molecule has 3 rings (SSSR count). The average Bonchev–Trinajstić information content (AvgIpc) is 2.68. The second-order valence-corrected chi connectivity index (χ2v) is 5.58. The molecule has 1 unspecified atom stereocenters. The van der Waals surface area contributed by atoms with Crippen molar-refractivity contribution >= 4 is 39.6 Å². The first-order chi connectivity index (χ1) is 9.91. The number of imide groups is 2. The van der Waals surface area contributed by atoms with E-state index in [2.05, 4.69) is 21.2 Å². The van der Waals surface area contributed by atoms with Gasteiger partial charge in [0.05, 0.1) is 11.1 Å². The van der Waals surface area contributed by atoms with Crippen LogP contribution in [0.4, 0.5) is 4.39 Å². The molecule has 0 saturated carbocycles. The van der Waals surface area contributed by atoms with Crippen LogP contribution in [0.3, 0.4) is 0 Å². The molecule has 0 aliphatic carbocycles. The van der Waals surface area contributed by atoms with Crippen molar-refractivity contribution < 1.29 is 23.6 Å². The van der Waals surface area contributed by atoms with Gasteiger partial charge in [-0.05, 0) is 34.5 Å². The second-order valence-electron chi connectivity index (χ2n) is 4.73. The van der Waals surface area contributed by atoms with Gasteiger partial charge in [0.2, 0.25) is 11.8 Å². The summed E-state index contributed by atoms with van der Waals surface area (Å²) in [5.41, 5.74) is -0.441. The predicted molar refractivity (Wildman–Crippen MR) is 70.8 cm³/mol. The molecule has 1 aromatic carbocycles. The molecular formula is C13H8BrFN2O4. The van der Waals surface area contributed by atoms with Crippen LogP contribution in [0, 0.1) is 5.82 Å². The van der Waals surface area contributed by atoms with E-state index in [1.165, 1.54) is 6.07 Å². The fourth-order valence-electron chi connectivity index (χ4n) is 2.51. The van der Waals surface area contributed by atoms with Crippen LogP contribution in [0.2, 0.25) is 0 Å². The van der Waals surface area contributed by atoms with E-state index in [1.54, 1.807) is 0 Å². The maximum Gasteiger partial charge on any atom is 0.265 e. The van der Waals surface area contributed by atoms with Gasteiger partial charge >= 0.3 is 0 Å². The summed E-state index contributed by atoms with van der Waals surface area (Å²) in [6.07, 6.45) is 0.0584. The molecule has 1 saturated heterocycles. The Hall–Kier alpha value is -2.09. The third-order valence-electron chi connectivity index (χ3n) is 3.49. The minimum atomic E-state index is -1.10. The van der Waals surface area contributed by atoms with Gasteiger partial charge in [0.15, 0.2) is 0 Å². The molecule has 2 aliphatic rings. The highest BCUT2D eigenvalue weighted by Crippen LogP contribution is 2.33. The van der Waals surface area contributed by atoms with Crippen molar-refractivity contribution in [2.45, 2.75) is 18.9 Å². The number of piperidine rings is 1. The first-order valence-electron chi connectivity index (χ1n) is 6.11. The van der Waals surface area contributed by atoms with Crippen LogP contribution in [0.15, 0.2) is 16.6 Å². The summed E-state index contributed by atoms with van der Waals surface area (Å²) >= 11 is 3.10. The maximum atomic E-state index is 13.8. The first kappa shape index (κ1) is 13.9. The molecule has 1 atom stereocenters. The molecule has 8 heteroatoms. The fourth-order valence-corrected chi connectivity index (χ4v) is 3.01. The van der Waals surface area contributed by atoms with Gasteiger partial charge in [-0.25, -0.2) is 4.39 Å². The van der Waals surface area contributed by atoms with Gasteiger partial charge in [0, 0.05) is 10.9 Å². The highest BCUT2D eigenvalue weighted by atomic mass is 79.9. The van der Waals surface area contributed by atoms with Gasteiger partial charge in [-0.1, -0.05) is 0 Å². The van der Waals surface area contributed by atoms with Crippen molar-refractivity contribution in [1.82, 2.24) is 10.2 Å². The number of hydrogen-bond acceptors (Lipinski definition) is 4. The Morgan fingerprint density at radius 3 is 2.43 bits per heavy atom. The van der Waals surface area contributed by atoms with E-state index in [0.29, 0.717) is 0 Å². The third-order valence-corrected chi connectivity index (χ3v) is 4.15. The van der Waals surface area contributed by atoms with Crippen LogP contribution in [-0.2, 0) is 9.59 Å². The minimum Gasteiger partial charge on any atom is -0.295 e. The van der Waals surface area contributed by atoms with E-state index in [4.69, 9.17) is 0 Å². The van der Waals surface area contributed by atoms with E-state index in [9.17, 15) is 23.6 Å². The molecule has 0 spiro atoms. The smallest absolute Gasteiger partial charge is 0.265 e. The Bertz CT molecular complexity index is 677. The average molecular weight is 355 g/mol. The maximum absolute atomic E-state index is 13.8. The molecule has 2 heterocycles. The standard InChI is InChI=1S/C13H8BrFN2O4/c14-5-1-2-6(15)10-9(5)12(20)17(13(10)21)7-3-4-8(18)16-11(7)19/h1-2,7H,3-4H2,(H,16,18,19). The van der Waals surface area contributed by atoms with Crippen molar-refractivity contribution in [3.63, 3.8) is 0 Å². The topological polar surface area (TPSA) is 83.6 Å². The number of benzene rings is 1. The summed E-state index contributed by atoms with van der Waals surface area (Å²) in [6.45, 7) is 0. The van der Waals surface area contributed by atoms with Crippen LogP contribution in [0.25, 0.3) is 0 Å². The van der Waals surface area contributed by atoms with Crippen molar-refractivity contribution in [2.75, 3.05) is 0 Å². The lowest BCUT2D eigenvalue weighted by Crippen LogP contribution is -2.54. The van der Waals surface area contributed by atoms with Crippen LogP contribution in [-0.4, -0.2) is 34.6 Å². The number of rotatable bonds is 1. The normalized spacial score (nSPS) is 21.6. The molecule has 1 N–H and O–H groups in total. The molecule has 0 aromatic heterocycles. The van der Waals surface area contributed by atoms with Crippen molar-refractivity contribution in [3.05, 3.63) is 33.5 Å². The Kier molecular flexibility index (Phi) is 3.12. The Balaban J connectivity index is 2.05. The van der Waals surface area contributed by atoms with E-state index in [1.807, 2.05) is 0 Å². The quantitative estimate of drug-likeness (QED) is 0.762. The Morgan fingerprint density at radius 2 is 1.81 bits per heavy atom. The monoisotopic (exact) mass is 354 g/mol. The molecule has 21 heavy (non-hydrogen) atoms. The molecule has 4 amide bonds. The summed E-state index contributed by atoms with van der Waals surface area (Å²) in [5, 5.41) is 2.07. The number of amides is 4. The Labute approximate surface area is 126 Å². The molecule has 1 aromatic rings. The van der Waals surface area contributed by atoms with Crippen molar-refractivity contribution in [2.24, 2.45) is 0 Å². The van der Waals surface area contributed by atoms with Crippen molar-refractivity contribution in [1.29, 1.82) is 0 Å². The number of carbonyl (C=O) groups excluding carboxylic acids is 4.